The van der Waals surface area contributed by atoms with Gasteiger partial charge in [-0.2, -0.15) is 0 Å². The minimum Gasteiger partial charge on any atom is -0.341 e. The number of Topliss-reactive ketones (excluding diaryl/α,β-unsaturated/α-hetero) is 1. The van der Waals surface area contributed by atoms with Gasteiger partial charge in [0.05, 0.1) is 11.9 Å². The molecule has 0 saturated carbocycles. The molecule has 0 aliphatic rings. The summed E-state index contributed by atoms with van der Waals surface area (Å²) in [6.45, 7) is 6.37. The van der Waals surface area contributed by atoms with Gasteiger partial charge in [-0.25, -0.2) is 8.42 Å². The van der Waals surface area contributed by atoms with Crippen LogP contribution in [0.4, 0.5) is 5.69 Å². The summed E-state index contributed by atoms with van der Waals surface area (Å²) in [4.78, 5) is 25.5. The molecule has 0 heterocycles. The molecule has 0 saturated heterocycles. The van der Waals surface area contributed by atoms with Crippen LogP contribution < -0.4 is 4.31 Å². The number of rotatable bonds is 9. The summed E-state index contributed by atoms with van der Waals surface area (Å²) in [5.74, 6) is -0.319. The number of nitrogens with zero attached hydrogens (tertiary/aromatic N) is 2. The summed E-state index contributed by atoms with van der Waals surface area (Å²) in [7, 11) is -3.61. The summed E-state index contributed by atoms with van der Waals surface area (Å²) >= 11 is 0. The van der Waals surface area contributed by atoms with Crippen molar-refractivity contribution >= 4 is 27.4 Å². The highest BCUT2D eigenvalue weighted by Gasteiger charge is 2.23. The molecule has 0 unspecified atom stereocenters. The van der Waals surface area contributed by atoms with Gasteiger partial charge in [-0.05, 0) is 44.0 Å². The van der Waals surface area contributed by atoms with E-state index in [1.54, 1.807) is 29.2 Å². The third-order valence-corrected chi connectivity index (χ3v) is 4.72. The summed E-state index contributed by atoms with van der Waals surface area (Å²) in [5.41, 5.74) is 0.876. The number of hydrogen-bond acceptors (Lipinski definition) is 4. The van der Waals surface area contributed by atoms with Crippen molar-refractivity contribution in [1.82, 2.24) is 4.90 Å². The second-order valence-electron chi connectivity index (χ2n) is 5.75. The van der Waals surface area contributed by atoms with Gasteiger partial charge in [-0.15, -0.1) is 0 Å². The Balaban J connectivity index is 3.06. The van der Waals surface area contributed by atoms with E-state index in [4.69, 9.17) is 0 Å². The Morgan fingerprint density at radius 2 is 1.50 bits per heavy atom. The van der Waals surface area contributed by atoms with E-state index in [1.165, 1.54) is 6.92 Å². The molecule has 134 valence electrons. The number of hydrogen-bond donors (Lipinski definition) is 0. The third-order valence-electron chi connectivity index (χ3n) is 3.58. The Kier molecular flexibility index (Phi) is 7.41. The fourth-order valence-electron chi connectivity index (χ4n) is 2.39. The fraction of sp³-hybridized carbons (Fsp3) is 0.529. The van der Waals surface area contributed by atoms with E-state index in [1.807, 2.05) is 13.8 Å². The van der Waals surface area contributed by atoms with E-state index in [0.29, 0.717) is 24.3 Å². The van der Waals surface area contributed by atoms with Gasteiger partial charge in [-0.1, -0.05) is 13.8 Å². The van der Waals surface area contributed by atoms with Crippen molar-refractivity contribution in [2.24, 2.45) is 0 Å². The van der Waals surface area contributed by atoms with Crippen LogP contribution >= 0.6 is 0 Å². The first-order chi connectivity index (χ1) is 11.2. The van der Waals surface area contributed by atoms with Crippen molar-refractivity contribution in [1.29, 1.82) is 0 Å². The van der Waals surface area contributed by atoms with E-state index >= 15 is 0 Å². The Morgan fingerprint density at radius 3 is 1.88 bits per heavy atom. The van der Waals surface area contributed by atoms with Gasteiger partial charge < -0.3 is 4.90 Å². The quantitative estimate of drug-likeness (QED) is 0.638. The van der Waals surface area contributed by atoms with E-state index < -0.39 is 10.0 Å². The summed E-state index contributed by atoms with van der Waals surface area (Å²) in [6.07, 6.45) is 2.71. The molecule has 6 nitrogen and oxygen atoms in total. The zero-order valence-electron chi connectivity index (χ0n) is 14.8. The third kappa shape index (κ3) is 5.63. The van der Waals surface area contributed by atoms with Crippen LogP contribution in [0, 0.1) is 0 Å². The van der Waals surface area contributed by atoms with Crippen molar-refractivity contribution in [2.75, 3.05) is 30.2 Å². The van der Waals surface area contributed by atoms with Crippen LogP contribution in [0.5, 0.6) is 0 Å². The molecule has 1 amide bonds. The lowest BCUT2D eigenvalue weighted by molar-refractivity contribution is -0.129. The molecule has 0 aromatic heterocycles. The van der Waals surface area contributed by atoms with Gasteiger partial charge >= 0.3 is 0 Å². The van der Waals surface area contributed by atoms with Crippen molar-refractivity contribution in [3.63, 3.8) is 0 Å². The molecule has 0 aliphatic heterocycles. The molecule has 0 radical (unpaired) electrons. The zero-order chi connectivity index (χ0) is 18.3. The molecule has 0 N–H and O–H groups in total. The van der Waals surface area contributed by atoms with E-state index in [0.717, 1.165) is 23.4 Å². The van der Waals surface area contributed by atoms with Crippen molar-refractivity contribution in [3.8, 4) is 0 Å². The van der Waals surface area contributed by atoms with Crippen molar-refractivity contribution in [3.05, 3.63) is 29.8 Å². The lowest BCUT2D eigenvalue weighted by atomic mass is 10.1. The van der Waals surface area contributed by atoms with E-state index in [9.17, 15) is 18.0 Å². The minimum atomic E-state index is -3.61. The van der Waals surface area contributed by atoms with Crippen LogP contribution in [0.3, 0.4) is 0 Å². The highest BCUT2D eigenvalue weighted by Crippen LogP contribution is 2.19. The van der Waals surface area contributed by atoms with Crippen LogP contribution in [0.1, 0.15) is 44.0 Å². The monoisotopic (exact) mass is 354 g/mol. The van der Waals surface area contributed by atoms with Gasteiger partial charge in [-0.3, -0.25) is 13.9 Å². The van der Waals surface area contributed by atoms with Crippen molar-refractivity contribution in [2.45, 2.75) is 33.6 Å². The average Bonchev–Trinajstić information content (AvgIpc) is 2.51. The molecule has 1 rings (SSSR count). The van der Waals surface area contributed by atoms with Gasteiger partial charge in [0.15, 0.2) is 5.78 Å². The summed E-state index contributed by atoms with van der Waals surface area (Å²) in [6, 6.07) is 6.23. The Hall–Kier alpha value is -1.89. The maximum Gasteiger partial charge on any atom is 0.243 e. The molecule has 0 atom stereocenters. The second kappa shape index (κ2) is 8.82. The number of benzene rings is 1. The second-order valence-corrected chi connectivity index (χ2v) is 7.66. The minimum absolute atomic E-state index is 0.0967. The molecule has 7 heteroatoms. The number of amides is 1. The lowest BCUT2D eigenvalue weighted by Crippen LogP contribution is -2.43. The average molecular weight is 354 g/mol. The van der Waals surface area contributed by atoms with Crippen LogP contribution in [0.25, 0.3) is 0 Å². The van der Waals surface area contributed by atoms with Gasteiger partial charge in [0.25, 0.3) is 0 Å². The molecule has 1 aromatic carbocycles. The molecule has 24 heavy (non-hydrogen) atoms. The molecule has 0 fully saturated rings. The van der Waals surface area contributed by atoms with Gasteiger partial charge in [0.1, 0.15) is 6.54 Å². The van der Waals surface area contributed by atoms with Gasteiger partial charge in [0, 0.05) is 18.7 Å². The normalized spacial score (nSPS) is 11.2. The van der Waals surface area contributed by atoms with Crippen LogP contribution in [0.2, 0.25) is 0 Å². The molecule has 0 spiro atoms. The fourth-order valence-corrected chi connectivity index (χ4v) is 3.24. The van der Waals surface area contributed by atoms with E-state index in [2.05, 4.69) is 0 Å². The maximum atomic E-state index is 12.5. The van der Waals surface area contributed by atoms with E-state index in [-0.39, 0.29) is 18.2 Å². The summed E-state index contributed by atoms with van der Waals surface area (Å²) < 4.78 is 25.3. The largest absolute Gasteiger partial charge is 0.341 e. The number of ketones is 1. The maximum absolute atomic E-state index is 12.5. The Labute approximate surface area is 144 Å². The molecule has 0 aliphatic carbocycles. The smallest absolute Gasteiger partial charge is 0.243 e. The van der Waals surface area contributed by atoms with Crippen LogP contribution in [-0.4, -0.2) is 50.9 Å². The number of carbonyl (C=O) groups excluding carboxylic acids is 2. The molecule has 1 aromatic rings. The van der Waals surface area contributed by atoms with Crippen molar-refractivity contribution < 1.29 is 18.0 Å². The predicted octanol–water partition coefficient (Wildman–Crippen LogP) is 2.30. The van der Waals surface area contributed by atoms with Gasteiger partial charge in [0.2, 0.25) is 15.9 Å². The predicted molar refractivity (Wildman–Crippen MR) is 95.8 cm³/mol. The molecular weight excluding hydrogens is 328 g/mol. The number of sulfonamides is 1. The Bertz CT molecular complexity index is 662. The number of anilines is 1. The van der Waals surface area contributed by atoms with Crippen LogP contribution in [0.15, 0.2) is 24.3 Å². The highest BCUT2D eigenvalue weighted by molar-refractivity contribution is 7.92. The first-order valence-corrected chi connectivity index (χ1v) is 9.92. The van der Waals surface area contributed by atoms with Crippen LogP contribution in [-0.2, 0) is 14.8 Å². The highest BCUT2D eigenvalue weighted by atomic mass is 32.2. The first kappa shape index (κ1) is 20.2. The SMILES string of the molecule is CCCN(CCC)C(=O)CN(c1ccc(C(C)=O)cc1)S(C)(=O)=O. The first-order valence-electron chi connectivity index (χ1n) is 8.07. The molecule has 0 bridgehead atoms. The molecular formula is C17H26N2O4S. The Morgan fingerprint density at radius 1 is 1.00 bits per heavy atom. The lowest BCUT2D eigenvalue weighted by Gasteiger charge is -2.27. The topological polar surface area (TPSA) is 74.8 Å². The zero-order valence-corrected chi connectivity index (χ0v) is 15.6. The number of carbonyl (C=O) groups is 2. The summed E-state index contributed by atoms with van der Waals surface area (Å²) in [5, 5.41) is 0. The standard InChI is InChI=1S/C17H26N2O4S/c1-5-11-18(12-6-2)17(21)13-19(24(4,22)23)16-9-7-15(8-10-16)14(3)20/h7-10H,5-6,11-13H2,1-4H3.